The Hall–Kier alpha value is -1.59. The second-order valence-corrected chi connectivity index (χ2v) is 5.94. The molecule has 5 heteroatoms. The highest BCUT2D eigenvalue weighted by Crippen LogP contribution is 2.15. The molecule has 0 spiro atoms. The molecule has 1 amide bonds. The smallest absolute Gasteiger partial charge is 0.225 e. The highest BCUT2D eigenvalue weighted by atomic mass is 16.5. The highest BCUT2D eigenvalue weighted by Gasteiger charge is 2.17. The van der Waals surface area contributed by atoms with Gasteiger partial charge < -0.3 is 20.1 Å². The summed E-state index contributed by atoms with van der Waals surface area (Å²) in [5.74, 6) is 0.765. The molecule has 5 nitrogen and oxygen atoms in total. The lowest BCUT2D eigenvalue weighted by atomic mass is 10.1. The van der Waals surface area contributed by atoms with E-state index in [4.69, 9.17) is 4.74 Å². The van der Waals surface area contributed by atoms with Gasteiger partial charge in [0, 0.05) is 25.2 Å². The van der Waals surface area contributed by atoms with E-state index in [-0.39, 0.29) is 5.91 Å². The van der Waals surface area contributed by atoms with Crippen molar-refractivity contribution < 1.29 is 14.6 Å². The molecule has 1 aromatic carbocycles. The minimum Gasteiger partial charge on any atom is -0.494 e. The summed E-state index contributed by atoms with van der Waals surface area (Å²) in [5, 5.41) is 12.7. The van der Waals surface area contributed by atoms with E-state index in [9.17, 15) is 9.90 Å². The van der Waals surface area contributed by atoms with Crippen molar-refractivity contribution in [2.24, 2.45) is 0 Å². The molecule has 2 N–H and O–H groups in total. The topological polar surface area (TPSA) is 61.8 Å². The van der Waals surface area contributed by atoms with Gasteiger partial charge in [0.25, 0.3) is 0 Å². The van der Waals surface area contributed by atoms with Gasteiger partial charge in [-0.3, -0.25) is 4.79 Å². The Morgan fingerprint density at radius 1 is 1.27 bits per heavy atom. The first-order chi connectivity index (χ1) is 10.3. The van der Waals surface area contributed by atoms with E-state index in [0.29, 0.717) is 26.1 Å². The SMILES string of the molecule is CCOc1ccc(NC(=O)CCN(CC)CC(C)(C)O)cc1. The van der Waals surface area contributed by atoms with Crippen LogP contribution in [0.15, 0.2) is 24.3 Å². The molecule has 0 unspecified atom stereocenters. The van der Waals surface area contributed by atoms with Crippen LogP contribution >= 0.6 is 0 Å². The Kier molecular flexibility index (Phi) is 7.35. The second-order valence-electron chi connectivity index (χ2n) is 5.94. The molecule has 0 atom stereocenters. The van der Waals surface area contributed by atoms with E-state index in [1.54, 1.807) is 13.8 Å². The minimum atomic E-state index is -0.748. The van der Waals surface area contributed by atoms with Crippen molar-refractivity contribution in [3.8, 4) is 5.75 Å². The standard InChI is InChI=1S/C17H28N2O3/c1-5-19(13-17(3,4)21)12-11-16(20)18-14-7-9-15(10-8-14)22-6-2/h7-10,21H,5-6,11-13H2,1-4H3,(H,18,20). The quantitative estimate of drug-likeness (QED) is 0.736. The number of nitrogens with one attached hydrogen (secondary N) is 1. The second kappa shape index (κ2) is 8.76. The molecule has 0 saturated carbocycles. The summed E-state index contributed by atoms with van der Waals surface area (Å²) in [6, 6.07) is 7.34. The van der Waals surface area contributed by atoms with Crippen LogP contribution in [-0.2, 0) is 4.79 Å². The third-order valence-electron chi connectivity index (χ3n) is 3.16. The predicted octanol–water partition coefficient (Wildman–Crippen LogP) is 2.51. The molecule has 0 radical (unpaired) electrons. The van der Waals surface area contributed by atoms with Crippen molar-refractivity contribution in [2.75, 3.05) is 31.6 Å². The Morgan fingerprint density at radius 3 is 2.41 bits per heavy atom. The maximum Gasteiger partial charge on any atom is 0.225 e. The minimum absolute atomic E-state index is 0.0293. The first kappa shape index (κ1) is 18.5. The van der Waals surface area contributed by atoms with Gasteiger partial charge in [-0.05, 0) is 51.6 Å². The Labute approximate surface area is 133 Å². The van der Waals surface area contributed by atoms with Gasteiger partial charge in [0.15, 0.2) is 0 Å². The van der Waals surface area contributed by atoms with E-state index in [0.717, 1.165) is 18.0 Å². The number of ether oxygens (including phenoxy) is 1. The first-order valence-corrected chi connectivity index (χ1v) is 7.81. The van der Waals surface area contributed by atoms with Crippen LogP contribution in [0.5, 0.6) is 5.75 Å². The lowest BCUT2D eigenvalue weighted by molar-refractivity contribution is -0.116. The number of carbonyl (C=O) groups excluding carboxylic acids is 1. The molecule has 0 aromatic heterocycles. The molecular formula is C17H28N2O3. The summed E-state index contributed by atoms with van der Waals surface area (Å²) in [5.41, 5.74) is 0.0145. The summed E-state index contributed by atoms with van der Waals surface area (Å²) >= 11 is 0. The number of hydrogen-bond acceptors (Lipinski definition) is 4. The van der Waals surface area contributed by atoms with E-state index < -0.39 is 5.60 Å². The summed E-state index contributed by atoms with van der Waals surface area (Å²) in [6.45, 7) is 10.1. The molecule has 22 heavy (non-hydrogen) atoms. The van der Waals surface area contributed by atoms with Crippen LogP contribution in [0.4, 0.5) is 5.69 Å². The molecule has 0 aliphatic heterocycles. The maximum atomic E-state index is 12.0. The molecule has 1 aromatic rings. The van der Waals surface area contributed by atoms with Crippen LogP contribution in [0.1, 0.15) is 34.1 Å². The van der Waals surface area contributed by atoms with Crippen LogP contribution in [0.3, 0.4) is 0 Å². The molecule has 0 aliphatic rings. The molecule has 0 heterocycles. The number of rotatable bonds is 9. The fourth-order valence-electron chi connectivity index (χ4n) is 2.18. The molecule has 0 fully saturated rings. The fourth-order valence-corrected chi connectivity index (χ4v) is 2.18. The van der Waals surface area contributed by atoms with Crippen LogP contribution in [0.2, 0.25) is 0 Å². The van der Waals surface area contributed by atoms with Crippen molar-refractivity contribution in [1.82, 2.24) is 4.90 Å². The average Bonchev–Trinajstić information content (AvgIpc) is 2.44. The number of benzene rings is 1. The number of aliphatic hydroxyl groups is 1. The number of amides is 1. The van der Waals surface area contributed by atoms with Crippen LogP contribution in [-0.4, -0.2) is 47.8 Å². The first-order valence-electron chi connectivity index (χ1n) is 7.81. The third kappa shape index (κ3) is 7.43. The fraction of sp³-hybridized carbons (Fsp3) is 0.588. The number of hydrogen-bond donors (Lipinski definition) is 2. The Balaban J connectivity index is 2.42. The van der Waals surface area contributed by atoms with E-state index in [1.807, 2.05) is 38.1 Å². The van der Waals surface area contributed by atoms with Crippen molar-refractivity contribution in [2.45, 2.75) is 39.7 Å². The van der Waals surface area contributed by atoms with Crippen LogP contribution in [0.25, 0.3) is 0 Å². The van der Waals surface area contributed by atoms with Gasteiger partial charge in [0.2, 0.25) is 5.91 Å². The molecule has 1 rings (SSSR count). The summed E-state index contributed by atoms with van der Waals surface area (Å²) in [7, 11) is 0. The van der Waals surface area contributed by atoms with Gasteiger partial charge in [-0.2, -0.15) is 0 Å². The monoisotopic (exact) mass is 308 g/mol. The molecule has 0 saturated heterocycles. The van der Waals surface area contributed by atoms with E-state index >= 15 is 0 Å². The summed E-state index contributed by atoms with van der Waals surface area (Å²) in [4.78, 5) is 14.0. The zero-order valence-electron chi connectivity index (χ0n) is 14.1. The van der Waals surface area contributed by atoms with Gasteiger partial charge in [0.1, 0.15) is 5.75 Å². The third-order valence-corrected chi connectivity index (χ3v) is 3.16. The lowest BCUT2D eigenvalue weighted by Gasteiger charge is -2.27. The largest absolute Gasteiger partial charge is 0.494 e. The number of likely N-dealkylation sites (N-methyl/N-ethyl adjacent to an activating group) is 1. The normalized spacial score (nSPS) is 11.5. The van der Waals surface area contributed by atoms with Crippen molar-refractivity contribution >= 4 is 11.6 Å². The Bertz CT molecular complexity index is 452. The molecular weight excluding hydrogens is 280 g/mol. The Morgan fingerprint density at radius 2 is 1.91 bits per heavy atom. The predicted molar refractivity (Wildman–Crippen MR) is 89.3 cm³/mol. The summed E-state index contributed by atoms with van der Waals surface area (Å²) < 4.78 is 5.36. The summed E-state index contributed by atoms with van der Waals surface area (Å²) in [6.07, 6.45) is 0.400. The highest BCUT2D eigenvalue weighted by molar-refractivity contribution is 5.90. The van der Waals surface area contributed by atoms with Gasteiger partial charge in [0.05, 0.1) is 12.2 Å². The van der Waals surface area contributed by atoms with Gasteiger partial charge >= 0.3 is 0 Å². The molecule has 0 aliphatic carbocycles. The van der Waals surface area contributed by atoms with Gasteiger partial charge in [-0.1, -0.05) is 6.92 Å². The maximum absolute atomic E-state index is 12.0. The van der Waals surface area contributed by atoms with Crippen LogP contribution in [0, 0.1) is 0 Å². The van der Waals surface area contributed by atoms with Crippen molar-refractivity contribution in [3.63, 3.8) is 0 Å². The zero-order chi connectivity index (χ0) is 16.6. The molecule has 0 bridgehead atoms. The zero-order valence-corrected chi connectivity index (χ0v) is 14.1. The van der Waals surface area contributed by atoms with Crippen molar-refractivity contribution in [3.05, 3.63) is 24.3 Å². The van der Waals surface area contributed by atoms with E-state index in [2.05, 4.69) is 10.2 Å². The molecule has 124 valence electrons. The number of carbonyl (C=O) groups is 1. The lowest BCUT2D eigenvalue weighted by Crippen LogP contribution is -2.39. The average molecular weight is 308 g/mol. The van der Waals surface area contributed by atoms with E-state index in [1.165, 1.54) is 0 Å². The number of anilines is 1. The van der Waals surface area contributed by atoms with Crippen molar-refractivity contribution in [1.29, 1.82) is 0 Å². The van der Waals surface area contributed by atoms with Gasteiger partial charge in [-0.15, -0.1) is 0 Å². The number of nitrogens with zero attached hydrogens (tertiary/aromatic N) is 1. The van der Waals surface area contributed by atoms with Gasteiger partial charge in [-0.25, -0.2) is 0 Å². The van der Waals surface area contributed by atoms with Crippen LogP contribution < -0.4 is 10.1 Å².